The number of aromatic nitrogens is 12. The molecule has 0 saturated carbocycles. The van der Waals surface area contributed by atoms with Gasteiger partial charge < -0.3 is 9.64 Å². The number of hydrogen-bond acceptors (Lipinski definition) is 11. The van der Waals surface area contributed by atoms with Crippen LogP contribution in [0.1, 0.15) is 247 Å². The summed E-state index contributed by atoms with van der Waals surface area (Å²) in [4.78, 5) is 26.7. The van der Waals surface area contributed by atoms with E-state index in [9.17, 15) is 8.78 Å². The van der Waals surface area contributed by atoms with Gasteiger partial charge >= 0.3 is 0 Å². The maximum Gasteiger partial charge on any atom is 0.263 e. The molecule has 14 nitrogen and oxygen atoms in total. The van der Waals surface area contributed by atoms with E-state index < -0.39 is 6.43 Å². The first kappa shape index (κ1) is 69.1. The highest BCUT2D eigenvalue weighted by molar-refractivity contribution is 5.20. The molecule has 2 atom stereocenters. The van der Waals surface area contributed by atoms with Gasteiger partial charge in [-0.15, -0.1) is 0 Å². The Balaban J connectivity index is 0.000000249. The molecule has 9 heterocycles. The van der Waals surface area contributed by atoms with Gasteiger partial charge in [0.05, 0.1) is 30.7 Å². The van der Waals surface area contributed by atoms with Crippen molar-refractivity contribution in [1.82, 2.24) is 64.1 Å². The zero-order chi connectivity index (χ0) is 60.2. The van der Waals surface area contributed by atoms with Crippen molar-refractivity contribution in [3.8, 4) is 0 Å². The van der Waals surface area contributed by atoms with Crippen LogP contribution in [-0.2, 0) is 17.7 Å². The molecule has 2 saturated heterocycles. The molecule has 2 fully saturated rings. The molecule has 81 heavy (non-hydrogen) atoms. The first-order valence-electron chi connectivity index (χ1n) is 29.5. The fourth-order valence-corrected chi connectivity index (χ4v) is 8.13. The minimum absolute atomic E-state index is 0.0497. The van der Waals surface area contributed by atoms with E-state index in [1.54, 1.807) is 18.9 Å². The van der Waals surface area contributed by atoms with Crippen molar-refractivity contribution in [2.45, 2.75) is 210 Å². The van der Waals surface area contributed by atoms with Gasteiger partial charge in [0.15, 0.2) is 0 Å². The summed E-state index contributed by atoms with van der Waals surface area (Å²) in [6.07, 6.45) is 19.7. The normalized spacial score (nSPS) is 14.9. The van der Waals surface area contributed by atoms with E-state index in [4.69, 9.17) is 4.74 Å². The molecule has 0 amide bonds. The quantitative estimate of drug-likeness (QED) is 0.109. The molecule has 0 bridgehead atoms. The number of hydrogen-bond donors (Lipinski definition) is 0. The highest BCUT2D eigenvalue weighted by atomic mass is 19.3. The van der Waals surface area contributed by atoms with Crippen molar-refractivity contribution < 1.29 is 13.5 Å². The minimum atomic E-state index is -2.40. The van der Waals surface area contributed by atoms with Crippen LogP contribution in [0.2, 0.25) is 0 Å². The average Bonchev–Trinajstić information content (AvgIpc) is 4.34. The van der Waals surface area contributed by atoms with Gasteiger partial charge in [-0.25, -0.2) is 28.7 Å². The molecule has 2 aliphatic heterocycles. The summed E-state index contributed by atoms with van der Waals surface area (Å²) in [5, 5.41) is 13.2. The Bertz CT molecular complexity index is 2690. The van der Waals surface area contributed by atoms with Crippen LogP contribution in [-0.4, -0.2) is 97.5 Å². The van der Waals surface area contributed by atoms with Crippen LogP contribution in [0, 0.1) is 12.8 Å². The lowest BCUT2D eigenvalue weighted by atomic mass is 10.1. The molecule has 0 N–H and O–H groups in total. The second-order valence-corrected chi connectivity index (χ2v) is 23.6. The summed E-state index contributed by atoms with van der Waals surface area (Å²) in [7, 11) is 2.20. The Morgan fingerprint density at radius 2 is 1.19 bits per heavy atom. The van der Waals surface area contributed by atoms with Crippen LogP contribution >= 0.6 is 0 Å². The third kappa shape index (κ3) is 26.1. The lowest BCUT2D eigenvalue weighted by Gasteiger charge is -2.10. The number of ether oxygens (including phenoxy) is 1. The summed E-state index contributed by atoms with van der Waals surface area (Å²) < 4.78 is 35.8. The van der Waals surface area contributed by atoms with Crippen LogP contribution < -0.4 is 0 Å². The molecule has 0 spiro atoms. The van der Waals surface area contributed by atoms with Crippen LogP contribution in [0.15, 0.2) is 105 Å². The fourth-order valence-electron chi connectivity index (χ4n) is 8.13. The van der Waals surface area contributed by atoms with Crippen LogP contribution in [0.3, 0.4) is 0 Å². The Hall–Kier alpha value is -6.13. The largest absolute Gasteiger partial charge is 0.379 e. The molecule has 9 rings (SSSR count). The number of nitrogens with zero attached hydrogens (tertiary/aromatic N) is 13. The Labute approximate surface area is 486 Å². The van der Waals surface area contributed by atoms with E-state index in [-0.39, 0.29) is 11.5 Å². The third-order valence-corrected chi connectivity index (χ3v) is 13.7. The highest BCUT2D eigenvalue weighted by Gasteiger charge is 2.21. The molecule has 0 aliphatic carbocycles. The number of halogens is 2. The molecule has 0 radical (unpaired) electrons. The molecule has 446 valence electrons. The van der Waals surface area contributed by atoms with Gasteiger partial charge in [-0.05, 0) is 160 Å². The van der Waals surface area contributed by atoms with Crippen molar-refractivity contribution in [3.63, 3.8) is 0 Å². The second kappa shape index (κ2) is 36.4. The third-order valence-electron chi connectivity index (χ3n) is 13.7. The van der Waals surface area contributed by atoms with E-state index in [0.717, 1.165) is 55.6 Å². The molecule has 7 aromatic rings. The zero-order valence-electron chi connectivity index (χ0n) is 52.8. The maximum absolute atomic E-state index is 12.2. The van der Waals surface area contributed by atoms with Gasteiger partial charge in [0, 0.05) is 97.0 Å². The van der Waals surface area contributed by atoms with Crippen LogP contribution in [0.4, 0.5) is 8.78 Å². The number of likely N-dealkylation sites (tertiary alicyclic amines) is 1. The molecule has 0 aromatic carbocycles. The van der Waals surface area contributed by atoms with E-state index in [2.05, 4.69) is 196 Å². The summed E-state index contributed by atoms with van der Waals surface area (Å²) in [5.74, 6) is 4.23. The van der Waals surface area contributed by atoms with Crippen molar-refractivity contribution in [2.75, 3.05) is 33.4 Å². The van der Waals surface area contributed by atoms with Gasteiger partial charge in [0.25, 0.3) is 6.43 Å². The first-order chi connectivity index (χ1) is 38.4. The molecule has 2 aliphatic rings. The van der Waals surface area contributed by atoms with E-state index in [0.29, 0.717) is 53.3 Å². The molecular formula is C65H101F2N13O. The van der Waals surface area contributed by atoms with Crippen molar-refractivity contribution in [1.29, 1.82) is 0 Å². The maximum atomic E-state index is 12.2. The lowest BCUT2D eigenvalue weighted by molar-refractivity contribution is 0.151. The number of pyridine rings is 2. The molecule has 7 aromatic heterocycles. The zero-order valence-corrected chi connectivity index (χ0v) is 52.8. The fraction of sp³-hybridized carbons (Fsp3) is 0.585. The van der Waals surface area contributed by atoms with Gasteiger partial charge in [-0.2, -0.15) is 15.3 Å². The Morgan fingerprint density at radius 3 is 1.63 bits per heavy atom. The van der Waals surface area contributed by atoms with Crippen molar-refractivity contribution in [3.05, 3.63) is 161 Å². The topological polar surface area (TPSA) is 143 Å². The lowest BCUT2D eigenvalue weighted by Crippen LogP contribution is -2.17. The Morgan fingerprint density at radius 1 is 0.593 bits per heavy atom. The van der Waals surface area contributed by atoms with Gasteiger partial charge in [0.2, 0.25) is 0 Å². The molecule has 16 heteroatoms. The smallest absolute Gasteiger partial charge is 0.263 e. The van der Waals surface area contributed by atoms with Gasteiger partial charge in [-0.1, -0.05) is 104 Å². The average molecular weight is 1120 g/mol. The monoisotopic (exact) mass is 1120 g/mol. The van der Waals surface area contributed by atoms with Crippen LogP contribution in [0.25, 0.3) is 0 Å². The Kier molecular flexibility index (Phi) is 31.0. The van der Waals surface area contributed by atoms with E-state index in [1.807, 2.05) is 67.1 Å². The molecular weight excluding hydrogens is 1020 g/mol. The van der Waals surface area contributed by atoms with E-state index >= 15 is 0 Å². The predicted octanol–water partition coefficient (Wildman–Crippen LogP) is 15.9. The van der Waals surface area contributed by atoms with Crippen molar-refractivity contribution in [2.24, 2.45) is 5.92 Å². The second-order valence-electron chi connectivity index (χ2n) is 23.6. The molecule has 2 unspecified atom stereocenters. The number of aryl methyl sites for hydroxylation is 2. The number of rotatable bonds is 13. The van der Waals surface area contributed by atoms with Crippen molar-refractivity contribution >= 4 is 0 Å². The summed E-state index contributed by atoms with van der Waals surface area (Å²) in [6, 6.07) is 14.0. The number of alkyl halides is 2. The predicted molar refractivity (Wildman–Crippen MR) is 327 cm³/mol. The van der Waals surface area contributed by atoms with Gasteiger partial charge in [0.1, 0.15) is 12.7 Å². The van der Waals surface area contributed by atoms with E-state index in [1.165, 1.54) is 65.9 Å². The van der Waals surface area contributed by atoms with Crippen LogP contribution in [0.5, 0.6) is 0 Å². The SMILES string of the molecule is CC(C)c1cc(C(F)F)ccn1.CC(C)c1ccn(C(C)C)n1.CC(C)c1ccncn1.CC(C)c1cnn(C2CCOC2)c1.CC(C)c1cnn(CC2CCN(C)C2)c1.CCc1ccnc(C(C)C)c1.Cc1cc(C(C)C)ncn1. The summed E-state index contributed by atoms with van der Waals surface area (Å²) in [5.41, 5.74) is 10.4. The van der Waals surface area contributed by atoms with Gasteiger partial charge in [-0.3, -0.25) is 24.0 Å². The first-order valence-corrected chi connectivity index (χ1v) is 29.5. The standard InChI is InChI=1S/C12H21N3.C10H16N2O.C10H15N.C9H11F2N.C9H16N2.C8H12N2.C7H10N2/c1-10(2)12-6-13-15(9-12)8-11-4-5-14(3)7-11;1-8(2)9-5-11-12(6-9)10-3-4-13-7-10;1-4-9-5-6-11-10(7-9)8(2)3;1-6(2)8-5-7(9(10)11)3-4-12-8;1-7(2)9-5-6-11(10-9)8(3)4;1-6(2)8-4-7(3)9-5-10-8;1-6(2)7-3-4-8-5-9-7/h6,9-11H,4-5,7-8H2,1-3H3;5-6,8,10H,3-4,7H2,1-2H3;5-8H,4H2,1-3H3;3-6,9H,1-2H3;5-8H,1-4H3;4-6H,1-3H3;3-6H,1-2H3. The summed E-state index contributed by atoms with van der Waals surface area (Å²) in [6.45, 7) is 43.4. The highest BCUT2D eigenvalue weighted by Crippen LogP contribution is 2.23. The minimum Gasteiger partial charge on any atom is -0.379 e. The summed E-state index contributed by atoms with van der Waals surface area (Å²) >= 11 is 0.